The Bertz CT molecular complexity index is 2470. The smallest absolute Gasteiger partial charge is 0.331 e. The molecule has 2 unspecified atom stereocenters. The molecule has 10 rings (SSSR count). The first-order valence-corrected chi connectivity index (χ1v) is 23.2. The van der Waals surface area contributed by atoms with Crippen molar-refractivity contribution in [2.24, 2.45) is 5.92 Å². The summed E-state index contributed by atoms with van der Waals surface area (Å²) in [5.74, 6) is 0.632. The molecule has 7 heterocycles. The Balaban J connectivity index is 1.23. The van der Waals surface area contributed by atoms with E-state index in [0.717, 1.165) is 36.0 Å². The summed E-state index contributed by atoms with van der Waals surface area (Å²) in [6.07, 6.45) is 4.73. The monoisotopic (exact) mass is 896 g/mol. The third kappa shape index (κ3) is 6.75. The molecule has 0 amide bonds. The maximum Gasteiger partial charge on any atom is 0.331 e. The number of thioether (sulfide) groups is 1. The maximum absolute atomic E-state index is 15.1. The quantitative estimate of drug-likeness (QED) is 0.137. The normalized spacial score (nSPS) is 27.0. The maximum atomic E-state index is 15.1. The van der Waals surface area contributed by atoms with Crippen LogP contribution >= 0.6 is 11.8 Å². The molecular formula is C48H56N4O11S. The van der Waals surface area contributed by atoms with Crippen LogP contribution in [0.5, 0.6) is 40.2 Å². The number of benzene rings is 3. The van der Waals surface area contributed by atoms with E-state index in [1.807, 2.05) is 33.9 Å². The lowest BCUT2D eigenvalue weighted by molar-refractivity contribution is -0.157. The van der Waals surface area contributed by atoms with Gasteiger partial charge in [-0.2, -0.15) is 5.26 Å². The molecule has 16 heteroatoms. The molecule has 15 nitrogen and oxygen atoms in total. The van der Waals surface area contributed by atoms with Crippen molar-refractivity contribution in [3.8, 4) is 46.3 Å². The number of unbranched alkanes of at least 4 members (excludes halogenated alkanes) is 2. The number of esters is 3. The van der Waals surface area contributed by atoms with E-state index in [1.54, 1.807) is 12.1 Å². The number of carbonyl (C=O) groups excluding carboxylic acids is 3. The van der Waals surface area contributed by atoms with E-state index in [2.05, 4.69) is 28.1 Å². The summed E-state index contributed by atoms with van der Waals surface area (Å²) in [7, 11) is 5.04. The van der Waals surface area contributed by atoms with Crippen LogP contribution in [0.2, 0.25) is 0 Å². The lowest BCUT2D eigenvalue weighted by Gasteiger charge is -2.62. The molecule has 2 saturated heterocycles. The highest BCUT2D eigenvalue weighted by Crippen LogP contribution is 2.64. The number of aromatic hydroxyl groups is 1. The van der Waals surface area contributed by atoms with E-state index < -0.39 is 46.9 Å². The lowest BCUT2D eigenvalue weighted by Crippen LogP contribution is -2.69. The Hall–Kier alpha value is -5.21. The number of hydrogen-bond donors (Lipinski definition) is 2. The number of nitriles is 1. The number of rotatable bonds is 9. The highest BCUT2D eigenvalue weighted by molar-refractivity contribution is 7.99. The molecule has 7 aliphatic rings. The predicted molar refractivity (Wildman–Crippen MR) is 235 cm³/mol. The Labute approximate surface area is 377 Å². The van der Waals surface area contributed by atoms with Gasteiger partial charge in [0.2, 0.25) is 6.79 Å². The van der Waals surface area contributed by atoms with Crippen molar-refractivity contribution in [3.63, 3.8) is 0 Å². The van der Waals surface area contributed by atoms with Crippen molar-refractivity contribution in [2.75, 3.05) is 47.0 Å². The Morgan fingerprint density at radius 3 is 2.53 bits per heavy atom. The third-order valence-electron chi connectivity index (χ3n) is 14.3. The molecule has 0 aliphatic carbocycles. The summed E-state index contributed by atoms with van der Waals surface area (Å²) in [4.78, 5) is 45.9. The molecule has 0 aromatic heterocycles. The highest BCUT2D eigenvalue weighted by atomic mass is 32.2. The van der Waals surface area contributed by atoms with Gasteiger partial charge in [-0.25, -0.2) is 4.79 Å². The summed E-state index contributed by atoms with van der Waals surface area (Å²) in [6.45, 7) is 9.23. The molecule has 0 saturated carbocycles. The Kier molecular flexibility index (Phi) is 11.7. The van der Waals surface area contributed by atoms with Crippen LogP contribution in [0.3, 0.4) is 0 Å². The van der Waals surface area contributed by atoms with Crippen molar-refractivity contribution in [3.05, 3.63) is 62.7 Å². The minimum absolute atomic E-state index is 0.0353. The van der Waals surface area contributed by atoms with Gasteiger partial charge in [0.25, 0.3) is 0 Å². The van der Waals surface area contributed by atoms with Gasteiger partial charge in [-0.05, 0) is 74.5 Å². The summed E-state index contributed by atoms with van der Waals surface area (Å²) in [5.41, 5.74) is 4.33. The van der Waals surface area contributed by atoms with Crippen molar-refractivity contribution < 1.29 is 52.6 Å². The topological polar surface area (TPSA) is 178 Å². The summed E-state index contributed by atoms with van der Waals surface area (Å²) < 4.78 is 42.8. The molecule has 340 valence electrons. The average Bonchev–Trinajstić information content (AvgIpc) is 3.76. The molecule has 7 aliphatic heterocycles. The third-order valence-corrected chi connectivity index (χ3v) is 15.7. The molecule has 8 atom stereocenters. The van der Waals surface area contributed by atoms with Crippen molar-refractivity contribution in [2.45, 2.75) is 114 Å². The average molecular weight is 897 g/mol. The van der Waals surface area contributed by atoms with E-state index in [1.165, 1.54) is 32.9 Å². The Morgan fingerprint density at radius 1 is 1.03 bits per heavy atom. The summed E-state index contributed by atoms with van der Waals surface area (Å²) in [5, 5.41) is 26.4. The van der Waals surface area contributed by atoms with Crippen LogP contribution in [0.4, 0.5) is 0 Å². The van der Waals surface area contributed by atoms with E-state index >= 15 is 4.79 Å². The summed E-state index contributed by atoms with van der Waals surface area (Å²) in [6, 6.07) is 5.43. The SMILES string of the molecule is CCCCCC(C)C(=O)Oc1cc2c(cc1OC)[C@@]1(CS[C@@H]3c4c(OC(C)=O)c(C)c5c(c4[C@H](COC1=O)N1C3[C@H]3c4c(cc(C)c(OC)c4O)C[C@@H]([C@@H]1C#N)N3C)OCO5)NCC2. The molecular weight excluding hydrogens is 841 g/mol. The van der Waals surface area contributed by atoms with Crippen LogP contribution in [0.1, 0.15) is 108 Å². The molecule has 2 fully saturated rings. The molecule has 0 radical (unpaired) electrons. The zero-order chi connectivity index (χ0) is 45.4. The second-order valence-electron chi connectivity index (χ2n) is 17.9. The number of hydrogen-bond acceptors (Lipinski definition) is 16. The molecule has 1 spiro atoms. The van der Waals surface area contributed by atoms with Gasteiger partial charge in [-0.15, -0.1) is 11.8 Å². The number of phenolic OH excluding ortho intramolecular Hbond substituents is 1. The molecule has 4 bridgehead atoms. The molecule has 2 N–H and O–H groups in total. The molecule has 64 heavy (non-hydrogen) atoms. The lowest BCUT2D eigenvalue weighted by atomic mass is 9.71. The van der Waals surface area contributed by atoms with E-state index in [4.69, 9.17) is 33.2 Å². The van der Waals surface area contributed by atoms with Gasteiger partial charge in [0, 0.05) is 53.6 Å². The van der Waals surface area contributed by atoms with Crippen molar-refractivity contribution in [1.82, 2.24) is 15.1 Å². The second kappa shape index (κ2) is 17.0. The first kappa shape index (κ1) is 44.0. The zero-order valence-corrected chi connectivity index (χ0v) is 38.4. The van der Waals surface area contributed by atoms with Crippen LogP contribution < -0.4 is 33.7 Å². The number of piperazine rings is 1. The zero-order valence-electron chi connectivity index (χ0n) is 37.6. The van der Waals surface area contributed by atoms with Gasteiger partial charge in [0.15, 0.2) is 40.0 Å². The van der Waals surface area contributed by atoms with Crippen molar-refractivity contribution in [1.29, 1.82) is 5.26 Å². The fourth-order valence-corrected chi connectivity index (χ4v) is 13.0. The van der Waals surface area contributed by atoms with E-state index in [-0.39, 0.29) is 48.6 Å². The van der Waals surface area contributed by atoms with Gasteiger partial charge in [0.05, 0.1) is 43.5 Å². The number of nitrogens with zero attached hydrogens (tertiary/aromatic N) is 3. The van der Waals surface area contributed by atoms with Crippen LogP contribution in [0.15, 0.2) is 18.2 Å². The van der Waals surface area contributed by atoms with Crippen LogP contribution in [0.25, 0.3) is 0 Å². The fourth-order valence-electron chi connectivity index (χ4n) is 11.3. The number of carbonyl (C=O) groups is 3. The second-order valence-corrected chi connectivity index (χ2v) is 19.0. The van der Waals surface area contributed by atoms with Crippen LogP contribution in [0, 0.1) is 31.1 Å². The Morgan fingerprint density at radius 2 is 1.81 bits per heavy atom. The predicted octanol–water partition coefficient (Wildman–Crippen LogP) is 6.40. The number of methoxy groups -OCH3 is 2. The highest BCUT2D eigenvalue weighted by Gasteiger charge is 2.62. The van der Waals surface area contributed by atoms with E-state index in [0.29, 0.717) is 82.4 Å². The largest absolute Gasteiger partial charge is 0.504 e. The number of fused-ring (bicyclic) bond motifs is 9. The van der Waals surface area contributed by atoms with Gasteiger partial charge in [-0.3, -0.25) is 24.7 Å². The number of nitrogens with one attached hydrogen (secondary N) is 1. The number of ether oxygens (including phenoxy) is 7. The van der Waals surface area contributed by atoms with Gasteiger partial charge >= 0.3 is 17.9 Å². The van der Waals surface area contributed by atoms with Gasteiger partial charge < -0.3 is 38.3 Å². The van der Waals surface area contributed by atoms with E-state index in [9.17, 15) is 20.0 Å². The van der Waals surface area contributed by atoms with Crippen LogP contribution in [-0.2, 0) is 37.5 Å². The minimum atomic E-state index is -1.42. The number of phenols is 1. The van der Waals surface area contributed by atoms with Gasteiger partial charge in [0.1, 0.15) is 18.4 Å². The number of aryl methyl sites for hydroxylation is 1. The molecule has 3 aromatic rings. The standard InChI is InChI=1S/C48H56N4O11S/c1-9-10-11-12-23(2)46(55)63-34-17-27-13-14-50-48(29(27)18-33(34)57-7)21-64-45-37-36(44-43(60-22-61-44)25(4)42(37)62-26(5)53)32(20-59-47(48)56)52-31(19-49)30-16-28-15-24(3)41(58-8)40(54)35(28)38(39(45)52)51(30)6/h15,17-18,23,30-32,38-39,45,50,54H,9-14,16,20-22H2,1-8H3/t23?,30-,31-,32-,38+,39?,45+,48+/m0/s1. The molecule has 3 aromatic carbocycles. The first-order valence-electron chi connectivity index (χ1n) is 22.2. The first-order chi connectivity index (χ1) is 30.8. The van der Waals surface area contributed by atoms with Crippen LogP contribution in [-0.4, -0.2) is 97.9 Å². The fraction of sp³-hybridized carbons (Fsp3) is 0.542. The van der Waals surface area contributed by atoms with Gasteiger partial charge in [-0.1, -0.05) is 39.2 Å². The number of likely N-dealkylation sites (N-methyl/N-ethyl adjacent to an activating group) is 1. The van der Waals surface area contributed by atoms with Crippen molar-refractivity contribution >= 4 is 29.7 Å². The minimum Gasteiger partial charge on any atom is -0.504 e. The summed E-state index contributed by atoms with van der Waals surface area (Å²) >= 11 is 1.48.